The quantitative estimate of drug-likeness (QED) is 0.826. The van der Waals surface area contributed by atoms with Gasteiger partial charge in [-0.25, -0.2) is 0 Å². The number of nitrogens with zero attached hydrogens (tertiary/aromatic N) is 3. The number of carbonyl (C=O) groups excluding carboxylic acids is 2. The Morgan fingerprint density at radius 3 is 2.38 bits per heavy atom. The van der Waals surface area contributed by atoms with Crippen molar-refractivity contribution in [2.45, 2.75) is 25.8 Å². The van der Waals surface area contributed by atoms with Crippen molar-refractivity contribution in [3.05, 3.63) is 29.8 Å². The van der Waals surface area contributed by atoms with Gasteiger partial charge in [0.15, 0.2) is 0 Å². The lowest BCUT2D eigenvalue weighted by Crippen LogP contribution is -2.54. The molecule has 1 fully saturated rings. The normalized spacial score (nSPS) is 18.2. The number of carbonyl (C=O) groups is 2. The molecule has 2 aliphatic heterocycles. The summed E-state index contributed by atoms with van der Waals surface area (Å²) in [5.41, 5.74) is 7.97. The van der Waals surface area contributed by atoms with Gasteiger partial charge in [-0.15, -0.1) is 24.8 Å². The van der Waals surface area contributed by atoms with E-state index in [1.165, 1.54) is 5.56 Å². The van der Waals surface area contributed by atoms with E-state index in [1.54, 1.807) is 11.8 Å². The standard InChI is InChI=1S/C18H26N4O2.2ClH/c1-14(19)18(24)21-11-9-20(10-12-21)13-17(23)22-8-4-6-15-5-2-3-7-16(15)22;;/h2-3,5,7,14H,4,6,8-13,19H2,1H3;2*1H/t14-;;/m1../s1. The van der Waals surface area contributed by atoms with Gasteiger partial charge >= 0.3 is 0 Å². The number of hydrogen-bond acceptors (Lipinski definition) is 4. The number of rotatable bonds is 3. The molecule has 2 heterocycles. The average molecular weight is 403 g/mol. The Morgan fingerprint density at radius 1 is 1.08 bits per heavy atom. The summed E-state index contributed by atoms with van der Waals surface area (Å²) in [5.74, 6) is 0.139. The molecule has 0 aliphatic carbocycles. The summed E-state index contributed by atoms with van der Waals surface area (Å²) in [6.07, 6.45) is 2.05. The molecule has 2 aliphatic rings. The van der Waals surface area contributed by atoms with E-state index < -0.39 is 6.04 Å². The first-order valence-corrected chi connectivity index (χ1v) is 8.71. The summed E-state index contributed by atoms with van der Waals surface area (Å²) in [5, 5.41) is 0. The molecule has 0 radical (unpaired) electrons. The van der Waals surface area contributed by atoms with Crippen molar-refractivity contribution in [3.63, 3.8) is 0 Å². The van der Waals surface area contributed by atoms with E-state index in [1.807, 2.05) is 23.1 Å². The van der Waals surface area contributed by atoms with Gasteiger partial charge in [-0.3, -0.25) is 14.5 Å². The summed E-state index contributed by atoms with van der Waals surface area (Å²) in [7, 11) is 0. The molecule has 0 bridgehead atoms. The third-order valence-corrected chi connectivity index (χ3v) is 4.84. The lowest BCUT2D eigenvalue weighted by atomic mass is 10.0. The molecular formula is C18H28Cl2N4O2. The summed E-state index contributed by atoms with van der Waals surface area (Å²) in [4.78, 5) is 30.5. The van der Waals surface area contributed by atoms with Crippen LogP contribution in [0.3, 0.4) is 0 Å². The lowest BCUT2D eigenvalue weighted by molar-refractivity contribution is -0.134. The average Bonchev–Trinajstić information content (AvgIpc) is 2.61. The third kappa shape index (κ3) is 5.10. The Labute approximate surface area is 167 Å². The van der Waals surface area contributed by atoms with Crippen LogP contribution in [0.2, 0.25) is 0 Å². The van der Waals surface area contributed by atoms with Crippen LogP contribution in [0.1, 0.15) is 18.9 Å². The minimum Gasteiger partial charge on any atom is -0.339 e. The molecule has 3 rings (SSSR count). The molecule has 0 aromatic heterocycles. The number of halogens is 2. The molecular weight excluding hydrogens is 375 g/mol. The molecule has 1 saturated heterocycles. The van der Waals surface area contributed by atoms with Crippen LogP contribution in [-0.2, 0) is 16.0 Å². The minimum atomic E-state index is -0.456. The summed E-state index contributed by atoms with van der Waals surface area (Å²) in [6, 6.07) is 7.70. The zero-order chi connectivity index (χ0) is 17.1. The highest BCUT2D eigenvalue weighted by Gasteiger charge is 2.27. The molecule has 6 nitrogen and oxygen atoms in total. The maximum Gasteiger partial charge on any atom is 0.241 e. The highest BCUT2D eigenvalue weighted by atomic mass is 35.5. The Morgan fingerprint density at radius 2 is 1.73 bits per heavy atom. The van der Waals surface area contributed by atoms with Crippen molar-refractivity contribution in [1.29, 1.82) is 0 Å². The Kier molecular flexibility index (Phi) is 8.83. The first-order chi connectivity index (χ1) is 11.6. The topological polar surface area (TPSA) is 69.9 Å². The fourth-order valence-corrected chi connectivity index (χ4v) is 3.48. The summed E-state index contributed by atoms with van der Waals surface area (Å²) < 4.78 is 0. The zero-order valence-corrected chi connectivity index (χ0v) is 16.7. The van der Waals surface area contributed by atoms with Gasteiger partial charge in [0.2, 0.25) is 11.8 Å². The number of aryl methyl sites for hydroxylation is 1. The third-order valence-electron chi connectivity index (χ3n) is 4.84. The molecule has 146 valence electrons. The molecule has 26 heavy (non-hydrogen) atoms. The van der Waals surface area contributed by atoms with Crippen LogP contribution in [0.25, 0.3) is 0 Å². The summed E-state index contributed by atoms with van der Waals surface area (Å²) in [6.45, 7) is 5.65. The van der Waals surface area contributed by atoms with Gasteiger partial charge < -0.3 is 15.5 Å². The number of hydrogen-bond donors (Lipinski definition) is 1. The summed E-state index contributed by atoms with van der Waals surface area (Å²) >= 11 is 0. The van der Waals surface area contributed by atoms with Crippen LogP contribution in [-0.4, -0.2) is 66.9 Å². The van der Waals surface area contributed by atoms with Gasteiger partial charge in [0.05, 0.1) is 12.6 Å². The first-order valence-electron chi connectivity index (χ1n) is 8.71. The number of para-hydroxylation sites is 1. The molecule has 1 atom stereocenters. The van der Waals surface area contributed by atoms with E-state index in [9.17, 15) is 9.59 Å². The van der Waals surface area contributed by atoms with E-state index in [0.717, 1.165) is 38.2 Å². The second-order valence-electron chi connectivity index (χ2n) is 6.67. The monoisotopic (exact) mass is 402 g/mol. The number of nitrogens with two attached hydrogens (primary N) is 1. The SMILES string of the molecule is C[C@@H](N)C(=O)N1CCN(CC(=O)N2CCCc3ccccc32)CC1.Cl.Cl. The van der Waals surface area contributed by atoms with E-state index in [4.69, 9.17) is 5.73 Å². The second kappa shape index (κ2) is 10.1. The van der Waals surface area contributed by atoms with Crippen LogP contribution >= 0.6 is 24.8 Å². The van der Waals surface area contributed by atoms with Crippen LogP contribution in [0.5, 0.6) is 0 Å². The van der Waals surface area contributed by atoms with Crippen molar-refractivity contribution in [2.75, 3.05) is 44.2 Å². The van der Waals surface area contributed by atoms with E-state index in [0.29, 0.717) is 19.6 Å². The van der Waals surface area contributed by atoms with Crippen molar-refractivity contribution in [1.82, 2.24) is 9.80 Å². The molecule has 1 aromatic rings. The lowest BCUT2D eigenvalue weighted by Gasteiger charge is -2.37. The van der Waals surface area contributed by atoms with Crippen LogP contribution in [0.4, 0.5) is 5.69 Å². The number of anilines is 1. The van der Waals surface area contributed by atoms with Gasteiger partial charge in [-0.1, -0.05) is 18.2 Å². The second-order valence-corrected chi connectivity index (χ2v) is 6.67. The number of benzene rings is 1. The Hall–Kier alpha value is -1.34. The Bertz CT molecular complexity index is 619. The maximum absolute atomic E-state index is 12.7. The van der Waals surface area contributed by atoms with Crippen molar-refractivity contribution in [2.24, 2.45) is 5.73 Å². The van der Waals surface area contributed by atoms with Crippen molar-refractivity contribution in [3.8, 4) is 0 Å². The molecule has 2 N–H and O–H groups in total. The molecule has 0 saturated carbocycles. The van der Waals surface area contributed by atoms with Gasteiger partial charge in [-0.05, 0) is 31.4 Å². The van der Waals surface area contributed by atoms with Gasteiger partial charge in [0, 0.05) is 38.4 Å². The van der Waals surface area contributed by atoms with E-state index >= 15 is 0 Å². The smallest absolute Gasteiger partial charge is 0.241 e. The highest BCUT2D eigenvalue weighted by Crippen LogP contribution is 2.26. The van der Waals surface area contributed by atoms with Crippen LogP contribution < -0.4 is 10.6 Å². The van der Waals surface area contributed by atoms with E-state index in [-0.39, 0.29) is 36.6 Å². The predicted molar refractivity (Wildman–Crippen MR) is 108 cm³/mol. The molecule has 1 aromatic carbocycles. The molecule has 0 unspecified atom stereocenters. The van der Waals surface area contributed by atoms with Gasteiger partial charge in [0.25, 0.3) is 0 Å². The molecule has 0 spiro atoms. The molecule has 8 heteroatoms. The van der Waals surface area contributed by atoms with Crippen LogP contribution in [0, 0.1) is 0 Å². The van der Waals surface area contributed by atoms with E-state index in [2.05, 4.69) is 11.0 Å². The zero-order valence-electron chi connectivity index (χ0n) is 15.1. The maximum atomic E-state index is 12.7. The largest absolute Gasteiger partial charge is 0.339 e. The Balaban J connectivity index is 0.00000169. The minimum absolute atomic E-state index is 0. The number of piperazine rings is 1. The van der Waals surface area contributed by atoms with Gasteiger partial charge in [0.1, 0.15) is 0 Å². The first kappa shape index (κ1) is 22.7. The number of fused-ring (bicyclic) bond motifs is 1. The van der Waals surface area contributed by atoms with Crippen molar-refractivity contribution >= 4 is 42.3 Å². The van der Waals surface area contributed by atoms with Crippen LogP contribution in [0.15, 0.2) is 24.3 Å². The van der Waals surface area contributed by atoms with Crippen molar-refractivity contribution < 1.29 is 9.59 Å². The highest BCUT2D eigenvalue weighted by molar-refractivity contribution is 5.96. The molecule has 2 amide bonds. The van der Waals surface area contributed by atoms with Gasteiger partial charge in [-0.2, -0.15) is 0 Å². The fraction of sp³-hybridized carbons (Fsp3) is 0.556. The predicted octanol–water partition coefficient (Wildman–Crippen LogP) is 1.30. The fourth-order valence-electron chi connectivity index (χ4n) is 3.48. The number of amides is 2.